The molecule has 0 amide bonds. The number of carbonyl (C=O) groups is 3. The minimum absolute atomic E-state index is 0.268. The Bertz CT molecular complexity index is 506. The van der Waals surface area contributed by atoms with E-state index in [1.165, 1.54) is 6.07 Å². The number of carboxylic acids is 1. The second-order valence-electron chi connectivity index (χ2n) is 4.59. The molecule has 0 radical (unpaired) electrons. The third kappa shape index (κ3) is 2.88. The summed E-state index contributed by atoms with van der Waals surface area (Å²) in [5.74, 6) is -1.60. The minimum atomic E-state index is -1.15. The molecule has 0 aliphatic carbocycles. The van der Waals surface area contributed by atoms with E-state index in [2.05, 4.69) is 0 Å². The number of hydrogen-bond acceptors (Lipinski definition) is 4. The zero-order valence-electron chi connectivity index (χ0n) is 10.4. The number of carbonyl (C=O) groups excluding carboxylic acids is 2. The lowest BCUT2D eigenvalue weighted by molar-refractivity contribution is -0.140. The monoisotopic (exact) mass is 261 g/mol. The summed E-state index contributed by atoms with van der Waals surface area (Å²) in [5.41, 5.74) is 0.639. The van der Waals surface area contributed by atoms with Crippen molar-refractivity contribution in [2.45, 2.75) is 18.9 Å². The van der Waals surface area contributed by atoms with Gasteiger partial charge in [0.15, 0.2) is 11.8 Å². The highest BCUT2D eigenvalue weighted by atomic mass is 16.4. The molecular formula is C14H15NO4. The molecule has 1 aromatic rings. The highest BCUT2D eigenvalue weighted by Crippen LogP contribution is 2.16. The number of aldehydes is 1. The van der Waals surface area contributed by atoms with Crippen molar-refractivity contribution < 1.29 is 19.5 Å². The van der Waals surface area contributed by atoms with Gasteiger partial charge >= 0.3 is 5.97 Å². The summed E-state index contributed by atoms with van der Waals surface area (Å²) in [6.45, 7) is 1.24. The maximum absolute atomic E-state index is 12.3. The number of nitrogens with zero attached hydrogens (tertiary/aromatic N) is 1. The quantitative estimate of drug-likeness (QED) is 0.490. The number of ketones is 1. The van der Waals surface area contributed by atoms with Gasteiger partial charge in [0.1, 0.15) is 6.29 Å². The van der Waals surface area contributed by atoms with E-state index in [1.807, 2.05) is 0 Å². The fourth-order valence-corrected chi connectivity index (χ4v) is 2.36. The van der Waals surface area contributed by atoms with Gasteiger partial charge in [0, 0.05) is 11.1 Å². The third-order valence-electron chi connectivity index (χ3n) is 3.30. The molecule has 0 saturated carbocycles. The Balaban J connectivity index is 2.27. The molecule has 1 atom stereocenters. The van der Waals surface area contributed by atoms with Crippen LogP contribution in [0, 0.1) is 0 Å². The normalized spacial score (nSPS) is 17.1. The van der Waals surface area contributed by atoms with Crippen molar-refractivity contribution in [2.75, 3.05) is 13.1 Å². The Labute approximate surface area is 110 Å². The van der Waals surface area contributed by atoms with E-state index in [0.717, 1.165) is 12.8 Å². The average Bonchev–Trinajstić information content (AvgIpc) is 2.92. The zero-order valence-corrected chi connectivity index (χ0v) is 10.4. The third-order valence-corrected chi connectivity index (χ3v) is 3.30. The molecule has 5 heteroatoms. The Morgan fingerprint density at radius 2 is 1.95 bits per heavy atom. The van der Waals surface area contributed by atoms with Gasteiger partial charge in [0.25, 0.3) is 0 Å². The van der Waals surface area contributed by atoms with Gasteiger partial charge in [0.2, 0.25) is 0 Å². The molecule has 1 unspecified atom stereocenters. The molecule has 19 heavy (non-hydrogen) atoms. The van der Waals surface area contributed by atoms with Gasteiger partial charge in [-0.25, -0.2) is 0 Å². The molecule has 1 fully saturated rings. The summed E-state index contributed by atoms with van der Waals surface area (Å²) >= 11 is 0. The van der Waals surface area contributed by atoms with Gasteiger partial charge in [-0.3, -0.25) is 19.3 Å². The lowest BCUT2D eigenvalue weighted by atomic mass is 10.0. The van der Waals surface area contributed by atoms with Crippen LogP contribution in [0.1, 0.15) is 33.6 Å². The summed E-state index contributed by atoms with van der Waals surface area (Å²) in [5, 5.41) is 9.26. The van der Waals surface area contributed by atoms with Gasteiger partial charge in [-0.1, -0.05) is 18.2 Å². The van der Waals surface area contributed by atoms with Crippen molar-refractivity contribution in [3.8, 4) is 0 Å². The first-order valence-corrected chi connectivity index (χ1v) is 6.20. The number of likely N-dealkylation sites (tertiary alicyclic amines) is 1. The summed E-state index contributed by atoms with van der Waals surface area (Å²) in [6, 6.07) is 4.99. The topological polar surface area (TPSA) is 74.7 Å². The van der Waals surface area contributed by atoms with Crippen molar-refractivity contribution in [3.63, 3.8) is 0 Å². The molecule has 0 spiro atoms. The Morgan fingerprint density at radius 3 is 2.53 bits per heavy atom. The second-order valence-corrected chi connectivity index (χ2v) is 4.59. The van der Waals surface area contributed by atoms with E-state index in [-0.39, 0.29) is 5.56 Å². The standard InChI is InChI=1S/C14H15NO4/c16-9-10-4-3-5-11(8-10)13(17)12(14(18)19)15-6-1-2-7-15/h3-5,8-9,12H,1-2,6-7H2,(H,18,19). The van der Waals surface area contributed by atoms with Crippen LogP contribution in [0.2, 0.25) is 0 Å². The second kappa shape index (κ2) is 5.75. The first-order valence-electron chi connectivity index (χ1n) is 6.20. The Morgan fingerprint density at radius 1 is 1.26 bits per heavy atom. The maximum Gasteiger partial charge on any atom is 0.329 e. The molecule has 0 bridgehead atoms. The smallest absolute Gasteiger partial charge is 0.329 e. The molecule has 1 aliphatic heterocycles. The molecule has 100 valence electrons. The van der Waals surface area contributed by atoms with Crippen molar-refractivity contribution >= 4 is 18.0 Å². The first kappa shape index (κ1) is 13.4. The largest absolute Gasteiger partial charge is 0.480 e. The molecule has 1 aliphatic rings. The molecule has 1 heterocycles. The predicted molar refractivity (Wildman–Crippen MR) is 68.4 cm³/mol. The van der Waals surface area contributed by atoms with Crippen molar-refractivity contribution in [2.24, 2.45) is 0 Å². The van der Waals surface area contributed by atoms with Crippen LogP contribution < -0.4 is 0 Å². The van der Waals surface area contributed by atoms with E-state index < -0.39 is 17.8 Å². The van der Waals surface area contributed by atoms with E-state index in [4.69, 9.17) is 0 Å². The Hall–Kier alpha value is -2.01. The molecule has 0 aromatic heterocycles. The number of hydrogen-bond donors (Lipinski definition) is 1. The fourth-order valence-electron chi connectivity index (χ4n) is 2.36. The number of aliphatic carboxylic acids is 1. The summed E-state index contributed by atoms with van der Waals surface area (Å²) in [4.78, 5) is 36.0. The van der Waals surface area contributed by atoms with E-state index in [0.29, 0.717) is 24.9 Å². The van der Waals surface area contributed by atoms with Gasteiger partial charge in [-0.2, -0.15) is 0 Å². The lowest BCUT2D eigenvalue weighted by Crippen LogP contribution is -2.45. The molecular weight excluding hydrogens is 246 g/mol. The highest BCUT2D eigenvalue weighted by Gasteiger charge is 2.34. The molecule has 1 saturated heterocycles. The van der Waals surface area contributed by atoms with Gasteiger partial charge in [0.05, 0.1) is 0 Å². The summed E-state index contributed by atoms with van der Waals surface area (Å²) in [6.07, 6.45) is 2.46. The van der Waals surface area contributed by atoms with Crippen molar-refractivity contribution in [1.29, 1.82) is 0 Å². The van der Waals surface area contributed by atoms with Gasteiger partial charge in [-0.15, -0.1) is 0 Å². The fraction of sp³-hybridized carbons (Fsp3) is 0.357. The van der Waals surface area contributed by atoms with Crippen LogP contribution in [0.4, 0.5) is 0 Å². The minimum Gasteiger partial charge on any atom is -0.480 e. The van der Waals surface area contributed by atoms with Crippen molar-refractivity contribution in [3.05, 3.63) is 35.4 Å². The molecule has 1 aromatic carbocycles. The average molecular weight is 261 g/mol. The van der Waals surface area contributed by atoms with Crippen LogP contribution in [0.3, 0.4) is 0 Å². The zero-order chi connectivity index (χ0) is 13.8. The number of Topliss-reactive ketones (excluding diaryl/α,β-unsaturated/α-hetero) is 1. The Kier molecular flexibility index (Phi) is 4.06. The van der Waals surface area contributed by atoms with Crippen LogP contribution >= 0.6 is 0 Å². The lowest BCUT2D eigenvalue weighted by Gasteiger charge is -2.22. The van der Waals surface area contributed by atoms with Crippen molar-refractivity contribution in [1.82, 2.24) is 4.90 Å². The number of benzene rings is 1. The maximum atomic E-state index is 12.3. The SMILES string of the molecule is O=Cc1cccc(C(=O)C(C(=O)O)N2CCCC2)c1. The van der Waals surface area contributed by atoms with Crippen LogP contribution in [0.5, 0.6) is 0 Å². The summed E-state index contributed by atoms with van der Waals surface area (Å²) in [7, 11) is 0. The molecule has 5 nitrogen and oxygen atoms in total. The molecule has 2 rings (SSSR count). The van der Waals surface area contributed by atoms with E-state index >= 15 is 0 Å². The number of carboxylic acid groups (broad SMARTS) is 1. The number of rotatable bonds is 5. The van der Waals surface area contributed by atoms with Crippen LogP contribution in [-0.2, 0) is 4.79 Å². The van der Waals surface area contributed by atoms with Crippen LogP contribution in [0.15, 0.2) is 24.3 Å². The highest BCUT2D eigenvalue weighted by molar-refractivity contribution is 6.12. The summed E-state index contributed by atoms with van der Waals surface area (Å²) < 4.78 is 0. The van der Waals surface area contributed by atoms with Gasteiger partial charge < -0.3 is 5.11 Å². The van der Waals surface area contributed by atoms with Crippen LogP contribution in [-0.4, -0.2) is 47.2 Å². The predicted octanol–water partition coefficient (Wildman–Crippen LogP) is 1.23. The molecule has 1 N–H and O–H groups in total. The van der Waals surface area contributed by atoms with Crippen LogP contribution in [0.25, 0.3) is 0 Å². The van der Waals surface area contributed by atoms with Gasteiger partial charge in [-0.05, 0) is 32.0 Å². The van der Waals surface area contributed by atoms with E-state index in [9.17, 15) is 19.5 Å². The first-order chi connectivity index (χ1) is 9.13. The van der Waals surface area contributed by atoms with E-state index in [1.54, 1.807) is 23.1 Å².